The molecule has 0 spiro atoms. The molecule has 2 unspecified atom stereocenters. The second-order valence-corrected chi connectivity index (χ2v) is 7.51. The Morgan fingerprint density at radius 1 is 1.00 bits per heavy atom. The van der Waals surface area contributed by atoms with Gasteiger partial charge in [-0.15, -0.1) is 10.2 Å². The number of hydrogen-bond donors (Lipinski definition) is 1. The molecule has 3 nitrogen and oxygen atoms in total. The van der Waals surface area contributed by atoms with E-state index >= 15 is 0 Å². The van der Waals surface area contributed by atoms with Crippen LogP contribution in [0.1, 0.15) is 69.7 Å². The molecular formula is C16H27N3S. The van der Waals surface area contributed by atoms with E-state index in [1.807, 2.05) is 0 Å². The standard InChI is InChI=1S/C16H27N3S/c1-2-15-18-19-16(20-15)17-14-11-7-6-10-13(14)12-8-4-3-5-9-12/h12-14H,2-11H2,1H3,(H,17,19). The lowest BCUT2D eigenvalue weighted by Crippen LogP contribution is -2.37. The van der Waals surface area contributed by atoms with E-state index in [2.05, 4.69) is 22.4 Å². The molecular weight excluding hydrogens is 266 g/mol. The molecule has 1 aromatic heterocycles. The second-order valence-electron chi connectivity index (χ2n) is 6.45. The van der Waals surface area contributed by atoms with Crippen molar-refractivity contribution in [2.75, 3.05) is 5.32 Å². The Hall–Kier alpha value is -0.640. The fourth-order valence-corrected chi connectivity index (χ4v) is 4.82. The lowest BCUT2D eigenvalue weighted by atomic mass is 9.71. The molecule has 112 valence electrons. The SMILES string of the molecule is CCc1nnc(NC2CCCCC2C2CCCCC2)s1. The maximum absolute atomic E-state index is 4.32. The third kappa shape index (κ3) is 3.33. The molecule has 2 aliphatic rings. The van der Waals surface area contributed by atoms with Crippen LogP contribution in [0.4, 0.5) is 5.13 Å². The van der Waals surface area contributed by atoms with E-state index < -0.39 is 0 Å². The molecule has 1 heterocycles. The Balaban J connectivity index is 1.65. The number of aryl methyl sites for hydroxylation is 1. The zero-order valence-corrected chi connectivity index (χ0v) is 13.4. The van der Waals surface area contributed by atoms with Crippen molar-refractivity contribution in [1.29, 1.82) is 0 Å². The van der Waals surface area contributed by atoms with Gasteiger partial charge in [0.05, 0.1) is 0 Å². The van der Waals surface area contributed by atoms with Crippen LogP contribution in [0, 0.1) is 11.8 Å². The summed E-state index contributed by atoms with van der Waals surface area (Å²) in [6, 6.07) is 0.643. The number of nitrogens with zero attached hydrogens (tertiary/aromatic N) is 2. The minimum atomic E-state index is 0.643. The van der Waals surface area contributed by atoms with Gasteiger partial charge in [-0.25, -0.2) is 0 Å². The van der Waals surface area contributed by atoms with Crippen LogP contribution in [0.15, 0.2) is 0 Å². The predicted octanol–water partition coefficient (Wildman–Crippen LogP) is 4.65. The molecule has 0 amide bonds. The van der Waals surface area contributed by atoms with E-state index in [1.165, 1.54) is 57.8 Å². The van der Waals surface area contributed by atoms with Gasteiger partial charge in [-0.2, -0.15) is 0 Å². The maximum Gasteiger partial charge on any atom is 0.205 e. The Bertz CT molecular complexity index is 412. The summed E-state index contributed by atoms with van der Waals surface area (Å²) >= 11 is 1.74. The molecule has 2 aliphatic carbocycles. The predicted molar refractivity (Wildman–Crippen MR) is 85.2 cm³/mol. The highest BCUT2D eigenvalue weighted by Gasteiger charge is 2.32. The highest BCUT2D eigenvalue weighted by molar-refractivity contribution is 7.15. The van der Waals surface area contributed by atoms with Crippen molar-refractivity contribution < 1.29 is 0 Å². The quantitative estimate of drug-likeness (QED) is 0.878. The first-order valence-electron chi connectivity index (χ1n) is 8.45. The minimum Gasteiger partial charge on any atom is -0.357 e. The van der Waals surface area contributed by atoms with E-state index in [0.29, 0.717) is 6.04 Å². The normalized spacial score (nSPS) is 28.4. The topological polar surface area (TPSA) is 37.8 Å². The van der Waals surface area contributed by atoms with E-state index in [1.54, 1.807) is 11.3 Å². The Kier molecular flexibility index (Phi) is 4.92. The van der Waals surface area contributed by atoms with Crippen LogP contribution in [0.3, 0.4) is 0 Å². The summed E-state index contributed by atoms with van der Waals surface area (Å²) in [5.41, 5.74) is 0. The van der Waals surface area contributed by atoms with Gasteiger partial charge in [-0.3, -0.25) is 0 Å². The Morgan fingerprint density at radius 2 is 1.75 bits per heavy atom. The average Bonchev–Trinajstić information content (AvgIpc) is 2.96. The molecule has 2 saturated carbocycles. The third-order valence-corrected chi connectivity index (χ3v) is 6.15. The first-order valence-corrected chi connectivity index (χ1v) is 9.27. The van der Waals surface area contributed by atoms with E-state index in [4.69, 9.17) is 0 Å². The van der Waals surface area contributed by atoms with Gasteiger partial charge in [0.25, 0.3) is 0 Å². The molecule has 0 radical (unpaired) electrons. The molecule has 0 aliphatic heterocycles. The molecule has 0 bridgehead atoms. The van der Waals surface area contributed by atoms with Crippen molar-refractivity contribution in [1.82, 2.24) is 10.2 Å². The van der Waals surface area contributed by atoms with Gasteiger partial charge in [0.2, 0.25) is 5.13 Å². The van der Waals surface area contributed by atoms with E-state index in [0.717, 1.165) is 28.4 Å². The molecule has 4 heteroatoms. The minimum absolute atomic E-state index is 0.643. The van der Waals surface area contributed by atoms with Gasteiger partial charge in [0.15, 0.2) is 0 Å². The largest absolute Gasteiger partial charge is 0.357 e. The Morgan fingerprint density at radius 3 is 2.50 bits per heavy atom. The van der Waals surface area contributed by atoms with Crippen LogP contribution in [0.2, 0.25) is 0 Å². The fourth-order valence-electron chi connectivity index (χ4n) is 4.08. The van der Waals surface area contributed by atoms with E-state index in [-0.39, 0.29) is 0 Å². The van der Waals surface area contributed by atoms with Gasteiger partial charge in [0.1, 0.15) is 5.01 Å². The highest BCUT2D eigenvalue weighted by Crippen LogP contribution is 2.39. The van der Waals surface area contributed by atoms with Gasteiger partial charge < -0.3 is 5.32 Å². The number of anilines is 1. The first kappa shape index (κ1) is 14.3. The van der Waals surface area contributed by atoms with Crippen LogP contribution in [-0.2, 0) is 6.42 Å². The number of nitrogens with one attached hydrogen (secondary N) is 1. The zero-order chi connectivity index (χ0) is 13.8. The summed E-state index contributed by atoms with van der Waals surface area (Å²) in [5, 5.41) is 14.5. The lowest BCUT2D eigenvalue weighted by molar-refractivity contribution is 0.180. The summed E-state index contributed by atoms with van der Waals surface area (Å²) in [6.45, 7) is 2.15. The summed E-state index contributed by atoms with van der Waals surface area (Å²) in [4.78, 5) is 0. The van der Waals surface area contributed by atoms with Crippen molar-refractivity contribution in [2.24, 2.45) is 11.8 Å². The monoisotopic (exact) mass is 293 g/mol. The fraction of sp³-hybridized carbons (Fsp3) is 0.875. The second kappa shape index (κ2) is 6.88. The van der Waals surface area contributed by atoms with Crippen molar-refractivity contribution in [3.05, 3.63) is 5.01 Å². The molecule has 20 heavy (non-hydrogen) atoms. The van der Waals surface area contributed by atoms with Gasteiger partial charge in [-0.05, 0) is 31.1 Å². The first-order chi connectivity index (χ1) is 9.86. The van der Waals surface area contributed by atoms with Crippen molar-refractivity contribution in [2.45, 2.75) is 77.2 Å². The number of rotatable bonds is 4. The molecule has 1 N–H and O–H groups in total. The number of aromatic nitrogens is 2. The zero-order valence-electron chi connectivity index (χ0n) is 12.6. The Labute approximate surface area is 126 Å². The molecule has 0 saturated heterocycles. The van der Waals surface area contributed by atoms with Crippen LogP contribution < -0.4 is 5.32 Å². The summed E-state index contributed by atoms with van der Waals surface area (Å²) in [6.07, 6.45) is 13.8. The van der Waals surface area contributed by atoms with Crippen LogP contribution >= 0.6 is 11.3 Å². The smallest absolute Gasteiger partial charge is 0.205 e. The highest BCUT2D eigenvalue weighted by atomic mass is 32.1. The van der Waals surface area contributed by atoms with Crippen LogP contribution in [0.25, 0.3) is 0 Å². The van der Waals surface area contributed by atoms with Crippen LogP contribution in [0.5, 0.6) is 0 Å². The molecule has 2 fully saturated rings. The van der Waals surface area contributed by atoms with Crippen molar-refractivity contribution >= 4 is 16.5 Å². The third-order valence-electron chi connectivity index (χ3n) is 5.15. The number of hydrogen-bond acceptors (Lipinski definition) is 4. The van der Waals surface area contributed by atoms with E-state index in [9.17, 15) is 0 Å². The lowest BCUT2D eigenvalue weighted by Gasteiger charge is -2.39. The maximum atomic E-state index is 4.32. The van der Waals surface area contributed by atoms with Crippen LogP contribution in [-0.4, -0.2) is 16.2 Å². The van der Waals surface area contributed by atoms with Crippen molar-refractivity contribution in [3.8, 4) is 0 Å². The molecule has 0 aromatic carbocycles. The summed E-state index contributed by atoms with van der Waals surface area (Å²) < 4.78 is 0. The van der Waals surface area contributed by atoms with Gasteiger partial charge in [0, 0.05) is 6.04 Å². The molecule has 2 atom stereocenters. The summed E-state index contributed by atoms with van der Waals surface area (Å²) in [5.74, 6) is 1.83. The average molecular weight is 293 g/mol. The van der Waals surface area contributed by atoms with Gasteiger partial charge in [-0.1, -0.05) is 63.2 Å². The van der Waals surface area contributed by atoms with Gasteiger partial charge >= 0.3 is 0 Å². The van der Waals surface area contributed by atoms with Crippen molar-refractivity contribution in [3.63, 3.8) is 0 Å². The molecule has 1 aromatic rings. The molecule has 3 rings (SSSR count). The summed E-state index contributed by atoms with van der Waals surface area (Å²) in [7, 11) is 0.